The van der Waals surface area contributed by atoms with Gasteiger partial charge in [-0.15, -0.1) is 0 Å². The highest BCUT2D eigenvalue weighted by molar-refractivity contribution is 5.25. The zero-order valence-electron chi connectivity index (χ0n) is 12.2. The maximum atomic E-state index is 14.0. The van der Waals surface area contributed by atoms with Gasteiger partial charge in [0.15, 0.2) is 0 Å². The second-order valence-corrected chi connectivity index (χ2v) is 5.82. The molecule has 0 heterocycles. The fourth-order valence-corrected chi connectivity index (χ4v) is 3.12. The number of hydrogen-bond acceptors (Lipinski definition) is 2. The van der Waals surface area contributed by atoms with Crippen LogP contribution in [0, 0.1) is 17.6 Å². The van der Waals surface area contributed by atoms with Crippen LogP contribution in [0.3, 0.4) is 0 Å². The first-order chi connectivity index (χ1) is 9.48. The first-order valence-electron chi connectivity index (χ1n) is 7.33. The van der Waals surface area contributed by atoms with Crippen molar-refractivity contribution in [3.8, 4) is 0 Å². The van der Waals surface area contributed by atoms with Gasteiger partial charge in [-0.05, 0) is 56.7 Å². The molecular formula is C16H23F2NO. The van der Waals surface area contributed by atoms with E-state index in [1.165, 1.54) is 6.07 Å². The summed E-state index contributed by atoms with van der Waals surface area (Å²) in [4.78, 5) is 0. The quantitative estimate of drug-likeness (QED) is 0.908. The van der Waals surface area contributed by atoms with Crippen LogP contribution in [0.15, 0.2) is 18.2 Å². The van der Waals surface area contributed by atoms with Crippen LogP contribution >= 0.6 is 0 Å². The summed E-state index contributed by atoms with van der Waals surface area (Å²) in [5.41, 5.74) is 5.92. The molecule has 0 radical (unpaired) electrons. The van der Waals surface area contributed by atoms with Gasteiger partial charge in [-0.25, -0.2) is 8.78 Å². The van der Waals surface area contributed by atoms with E-state index in [1.54, 1.807) is 0 Å². The van der Waals surface area contributed by atoms with Crippen LogP contribution < -0.4 is 5.73 Å². The van der Waals surface area contributed by atoms with Crippen molar-refractivity contribution < 1.29 is 13.5 Å². The molecule has 0 aliphatic heterocycles. The summed E-state index contributed by atoms with van der Waals surface area (Å²) in [5, 5.41) is 0. The van der Waals surface area contributed by atoms with Crippen LogP contribution in [-0.4, -0.2) is 12.2 Å². The molecule has 1 aliphatic rings. The van der Waals surface area contributed by atoms with Gasteiger partial charge in [0, 0.05) is 12.2 Å². The third-order valence-electron chi connectivity index (χ3n) is 4.41. The van der Waals surface area contributed by atoms with E-state index in [4.69, 9.17) is 10.5 Å². The Kier molecular flexibility index (Phi) is 4.76. The standard InChI is InChI=1S/C16H23F2NO/c1-3-20-16(8-6-11(2)7-9-16)15(19)13-10-12(17)4-5-14(13)18/h4-5,10-11,15H,3,6-9,19H2,1-2H3. The molecule has 1 atom stereocenters. The topological polar surface area (TPSA) is 35.2 Å². The van der Waals surface area contributed by atoms with Gasteiger partial charge in [0.25, 0.3) is 0 Å². The molecule has 4 heteroatoms. The van der Waals surface area contributed by atoms with Gasteiger partial charge in [-0.2, -0.15) is 0 Å². The number of benzene rings is 1. The highest BCUT2D eigenvalue weighted by Gasteiger charge is 2.42. The maximum Gasteiger partial charge on any atom is 0.128 e. The largest absolute Gasteiger partial charge is 0.373 e. The molecule has 1 aromatic rings. The van der Waals surface area contributed by atoms with Gasteiger partial charge in [-0.3, -0.25) is 0 Å². The predicted molar refractivity (Wildman–Crippen MR) is 75.3 cm³/mol. The van der Waals surface area contributed by atoms with Crippen molar-refractivity contribution in [1.29, 1.82) is 0 Å². The average Bonchev–Trinajstić information content (AvgIpc) is 2.44. The Hall–Kier alpha value is -1.00. The average molecular weight is 283 g/mol. The van der Waals surface area contributed by atoms with Crippen molar-refractivity contribution in [1.82, 2.24) is 0 Å². The number of halogens is 2. The molecule has 0 amide bonds. The minimum Gasteiger partial charge on any atom is -0.373 e. The van der Waals surface area contributed by atoms with Gasteiger partial charge >= 0.3 is 0 Å². The Morgan fingerprint density at radius 3 is 2.60 bits per heavy atom. The Balaban J connectivity index is 2.31. The molecule has 2 rings (SSSR count). The van der Waals surface area contributed by atoms with Crippen LogP contribution in [0.25, 0.3) is 0 Å². The molecular weight excluding hydrogens is 260 g/mol. The van der Waals surface area contributed by atoms with Gasteiger partial charge in [0.1, 0.15) is 11.6 Å². The van der Waals surface area contributed by atoms with Crippen LogP contribution in [0.1, 0.15) is 51.1 Å². The summed E-state index contributed by atoms with van der Waals surface area (Å²) in [6.45, 7) is 4.64. The number of hydrogen-bond donors (Lipinski definition) is 1. The molecule has 112 valence electrons. The maximum absolute atomic E-state index is 14.0. The van der Waals surface area contributed by atoms with Crippen LogP contribution in [-0.2, 0) is 4.74 Å². The van der Waals surface area contributed by atoms with Gasteiger partial charge < -0.3 is 10.5 Å². The molecule has 1 aliphatic carbocycles. The third kappa shape index (κ3) is 3.01. The van der Waals surface area contributed by atoms with E-state index in [0.29, 0.717) is 12.5 Å². The molecule has 1 unspecified atom stereocenters. The third-order valence-corrected chi connectivity index (χ3v) is 4.41. The van der Waals surface area contributed by atoms with Crippen molar-refractivity contribution in [3.63, 3.8) is 0 Å². The van der Waals surface area contributed by atoms with Crippen LogP contribution in [0.4, 0.5) is 8.78 Å². The zero-order chi connectivity index (χ0) is 14.8. The van der Waals surface area contributed by atoms with Crippen molar-refractivity contribution in [3.05, 3.63) is 35.4 Å². The number of rotatable bonds is 4. The minimum absolute atomic E-state index is 0.216. The second-order valence-electron chi connectivity index (χ2n) is 5.82. The van der Waals surface area contributed by atoms with Crippen molar-refractivity contribution >= 4 is 0 Å². The summed E-state index contributed by atoms with van der Waals surface area (Å²) in [6, 6.07) is 2.81. The Morgan fingerprint density at radius 1 is 1.35 bits per heavy atom. The van der Waals surface area contributed by atoms with E-state index < -0.39 is 23.3 Å². The predicted octanol–water partition coefficient (Wildman–Crippen LogP) is 3.95. The van der Waals surface area contributed by atoms with Crippen molar-refractivity contribution in [2.24, 2.45) is 11.7 Å². The molecule has 2 nitrogen and oxygen atoms in total. The minimum atomic E-state index is -0.634. The molecule has 0 aromatic heterocycles. The molecule has 0 saturated heterocycles. The monoisotopic (exact) mass is 283 g/mol. The smallest absolute Gasteiger partial charge is 0.128 e. The van der Waals surface area contributed by atoms with E-state index >= 15 is 0 Å². The summed E-state index contributed by atoms with van der Waals surface area (Å²) in [7, 11) is 0. The summed E-state index contributed by atoms with van der Waals surface area (Å²) >= 11 is 0. The molecule has 2 N–H and O–H groups in total. The van der Waals surface area contributed by atoms with E-state index in [-0.39, 0.29) is 5.56 Å². The van der Waals surface area contributed by atoms with Crippen LogP contribution in [0.2, 0.25) is 0 Å². The van der Waals surface area contributed by atoms with Crippen molar-refractivity contribution in [2.75, 3.05) is 6.61 Å². The zero-order valence-corrected chi connectivity index (χ0v) is 12.2. The molecule has 1 fully saturated rings. The Bertz CT molecular complexity index is 456. The Morgan fingerprint density at radius 2 is 2.00 bits per heavy atom. The lowest BCUT2D eigenvalue weighted by Crippen LogP contribution is -2.46. The fourth-order valence-electron chi connectivity index (χ4n) is 3.12. The molecule has 0 spiro atoms. The summed E-state index contributed by atoms with van der Waals surface area (Å²) < 4.78 is 33.3. The Labute approximate surface area is 119 Å². The molecule has 0 bridgehead atoms. The van der Waals surface area contributed by atoms with E-state index in [9.17, 15) is 8.78 Å². The highest BCUT2D eigenvalue weighted by atomic mass is 19.1. The van der Waals surface area contributed by atoms with Gasteiger partial charge in [0.05, 0.1) is 11.6 Å². The number of nitrogens with two attached hydrogens (primary N) is 1. The first-order valence-corrected chi connectivity index (χ1v) is 7.33. The summed E-state index contributed by atoms with van der Waals surface area (Å²) in [6.07, 6.45) is 3.59. The summed E-state index contributed by atoms with van der Waals surface area (Å²) in [5.74, 6) is -0.294. The van der Waals surface area contributed by atoms with Gasteiger partial charge in [0.2, 0.25) is 0 Å². The number of ether oxygens (including phenoxy) is 1. The SMILES string of the molecule is CCOC1(C(N)c2cc(F)ccc2F)CCC(C)CC1. The highest BCUT2D eigenvalue weighted by Crippen LogP contribution is 2.42. The lowest BCUT2D eigenvalue weighted by Gasteiger charge is -2.43. The van der Waals surface area contributed by atoms with E-state index in [0.717, 1.165) is 37.8 Å². The lowest BCUT2D eigenvalue weighted by atomic mass is 9.73. The molecule has 1 saturated carbocycles. The fraction of sp³-hybridized carbons (Fsp3) is 0.625. The molecule has 20 heavy (non-hydrogen) atoms. The molecule has 1 aromatic carbocycles. The second kappa shape index (κ2) is 6.19. The van der Waals surface area contributed by atoms with Crippen LogP contribution in [0.5, 0.6) is 0 Å². The van der Waals surface area contributed by atoms with E-state index in [2.05, 4.69) is 6.92 Å². The van der Waals surface area contributed by atoms with Gasteiger partial charge in [-0.1, -0.05) is 6.92 Å². The van der Waals surface area contributed by atoms with Crippen molar-refractivity contribution in [2.45, 2.75) is 51.2 Å². The lowest BCUT2D eigenvalue weighted by molar-refractivity contribution is -0.0902. The van der Waals surface area contributed by atoms with E-state index in [1.807, 2.05) is 6.92 Å². The normalized spacial score (nSPS) is 28.4. The first kappa shape index (κ1) is 15.4.